The molecule has 2 aromatic rings. The first kappa shape index (κ1) is 16.9. The second kappa shape index (κ2) is 7.04. The summed E-state index contributed by atoms with van der Waals surface area (Å²) in [5.41, 5.74) is 5.05. The van der Waals surface area contributed by atoms with Gasteiger partial charge in [-0.2, -0.15) is 0 Å². The van der Waals surface area contributed by atoms with E-state index in [1.807, 2.05) is 6.20 Å². The van der Waals surface area contributed by atoms with Crippen LogP contribution in [-0.2, 0) is 26.1 Å². The second-order valence-electron chi connectivity index (χ2n) is 8.19. The Bertz CT molecular complexity index is 751. The van der Waals surface area contributed by atoms with Crippen molar-refractivity contribution < 1.29 is 0 Å². The molecule has 1 unspecified atom stereocenters. The van der Waals surface area contributed by atoms with Crippen molar-refractivity contribution >= 4 is 11.3 Å². The van der Waals surface area contributed by atoms with E-state index in [0.717, 1.165) is 38.6 Å². The predicted molar refractivity (Wildman–Crippen MR) is 106 cm³/mol. The van der Waals surface area contributed by atoms with Crippen molar-refractivity contribution in [3.63, 3.8) is 0 Å². The minimum Gasteiger partial charge on any atom is -0.317 e. The number of rotatable bonds is 5. The van der Waals surface area contributed by atoms with Crippen LogP contribution in [0.5, 0.6) is 0 Å². The van der Waals surface area contributed by atoms with Gasteiger partial charge in [0.25, 0.3) is 0 Å². The van der Waals surface area contributed by atoms with E-state index in [4.69, 9.17) is 0 Å². The second-order valence-corrected chi connectivity index (χ2v) is 9.17. The molecule has 4 nitrogen and oxygen atoms in total. The Kier molecular flexibility index (Phi) is 4.57. The van der Waals surface area contributed by atoms with Crippen LogP contribution >= 0.6 is 11.3 Å². The quantitative estimate of drug-likeness (QED) is 0.851. The Morgan fingerprint density at radius 3 is 2.88 bits per heavy atom. The highest BCUT2D eigenvalue weighted by atomic mass is 32.1. The van der Waals surface area contributed by atoms with Gasteiger partial charge in [-0.25, -0.2) is 4.98 Å². The largest absolute Gasteiger partial charge is 0.317 e. The highest BCUT2D eigenvalue weighted by Gasteiger charge is 2.56. The molecule has 2 N–H and O–H groups in total. The Morgan fingerprint density at radius 2 is 2.04 bits per heavy atom. The third kappa shape index (κ3) is 3.33. The molecule has 138 valence electrons. The third-order valence-electron chi connectivity index (χ3n) is 6.55. The number of hydrogen-bond acceptors (Lipinski definition) is 5. The monoisotopic (exact) mass is 368 g/mol. The number of benzene rings is 1. The highest BCUT2D eigenvalue weighted by Crippen LogP contribution is 2.56. The van der Waals surface area contributed by atoms with E-state index in [1.165, 1.54) is 54.0 Å². The fourth-order valence-electron chi connectivity index (χ4n) is 4.95. The van der Waals surface area contributed by atoms with Gasteiger partial charge in [0, 0.05) is 30.7 Å². The van der Waals surface area contributed by atoms with E-state index in [1.54, 1.807) is 11.3 Å². The molecule has 3 heterocycles. The normalized spacial score (nSPS) is 24.0. The number of aromatic nitrogens is 1. The molecule has 5 rings (SSSR count). The molecule has 0 bridgehead atoms. The highest BCUT2D eigenvalue weighted by molar-refractivity contribution is 7.09. The summed E-state index contributed by atoms with van der Waals surface area (Å²) in [7, 11) is 0. The maximum absolute atomic E-state index is 4.57. The number of nitrogens with zero attached hydrogens (tertiary/aromatic N) is 2. The van der Waals surface area contributed by atoms with Crippen LogP contribution in [0.25, 0.3) is 0 Å². The molecule has 1 saturated heterocycles. The lowest BCUT2D eigenvalue weighted by Gasteiger charge is -2.29. The van der Waals surface area contributed by atoms with Gasteiger partial charge in [0.05, 0.1) is 6.54 Å². The van der Waals surface area contributed by atoms with E-state index in [-0.39, 0.29) is 0 Å². The van der Waals surface area contributed by atoms with Crippen molar-refractivity contribution in [3.8, 4) is 0 Å². The number of fused-ring (bicyclic) bond motifs is 1. The SMILES string of the molecule is c1csc(CN(Cc2ccc3c(c2)CNCC3)C2CC23CCNCC3)n1. The molecule has 1 atom stereocenters. The van der Waals surface area contributed by atoms with Crippen LogP contribution in [0.4, 0.5) is 0 Å². The van der Waals surface area contributed by atoms with E-state index >= 15 is 0 Å². The minimum absolute atomic E-state index is 0.568. The van der Waals surface area contributed by atoms with Crippen LogP contribution in [0.1, 0.15) is 41.0 Å². The van der Waals surface area contributed by atoms with Crippen LogP contribution in [0.2, 0.25) is 0 Å². The Labute approximate surface area is 160 Å². The summed E-state index contributed by atoms with van der Waals surface area (Å²) >= 11 is 1.79. The van der Waals surface area contributed by atoms with Crippen LogP contribution in [0.3, 0.4) is 0 Å². The maximum Gasteiger partial charge on any atom is 0.107 e. The molecule has 1 spiro atoms. The molecular weight excluding hydrogens is 340 g/mol. The summed E-state index contributed by atoms with van der Waals surface area (Å²) < 4.78 is 0. The molecule has 1 aliphatic carbocycles. The Morgan fingerprint density at radius 1 is 1.12 bits per heavy atom. The van der Waals surface area contributed by atoms with E-state index < -0.39 is 0 Å². The molecule has 0 radical (unpaired) electrons. The third-order valence-corrected chi connectivity index (χ3v) is 7.32. The first-order valence-corrected chi connectivity index (χ1v) is 10.8. The zero-order chi connectivity index (χ0) is 17.4. The topological polar surface area (TPSA) is 40.2 Å². The smallest absolute Gasteiger partial charge is 0.107 e. The number of thiazole rings is 1. The van der Waals surface area contributed by atoms with Crippen LogP contribution < -0.4 is 10.6 Å². The first-order chi connectivity index (χ1) is 12.8. The summed E-state index contributed by atoms with van der Waals surface area (Å²) in [4.78, 5) is 7.28. The summed E-state index contributed by atoms with van der Waals surface area (Å²) in [6.07, 6.45) is 7.14. The number of hydrogen-bond donors (Lipinski definition) is 2. The standard InChI is InChI=1S/C21H28N4S/c1-2-17-3-6-23-13-18(17)11-16(1)14-25(15-20-24-9-10-26-20)19-12-21(19)4-7-22-8-5-21/h1-2,9-11,19,22-23H,3-8,12-15H2. The molecular formula is C21H28N4S. The van der Waals surface area contributed by atoms with Gasteiger partial charge in [-0.3, -0.25) is 4.90 Å². The summed E-state index contributed by atoms with van der Waals surface area (Å²) in [6.45, 7) is 6.55. The Balaban J connectivity index is 1.36. The lowest BCUT2D eigenvalue weighted by atomic mass is 9.93. The van der Waals surface area contributed by atoms with Crippen LogP contribution in [-0.4, -0.2) is 35.6 Å². The Hall–Kier alpha value is -1.27. The lowest BCUT2D eigenvalue weighted by Crippen LogP contribution is -2.35. The van der Waals surface area contributed by atoms with Crippen LogP contribution in [0.15, 0.2) is 29.8 Å². The van der Waals surface area contributed by atoms with Crippen molar-refractivity contribution in [2.24, 2.45) is 5.41 Å². The maximum atomic E-state index is 4.57. The zero-order valence-electron chi connectivity index (χ0n) is 15.3. The van der Waals surface area contributed by atoms with Crippen molar-refractivity contribution in [1.29, 1.82) is 0 Å². The van der Waals surface area contributed by atoms with Gasteiger partial charge in [-0.15, -0.1) is 11.3 Å². The van der Waals surface area contributed by atoms with Gasteiger partial charge in [0.15, 0.2) is 0 Å². The summed E-state index contributed by atoms with van der Waals surface area (Å²) in [6, 6.07) is 7.88. The average Bonchev–Trinajstić information content (AvgIpc) is 3.11. The van der Waals surface area contributed by atoms with E-state index in [2.05, 4.69) is 44.1 Å². The summed E-state index contributed by atoms with van der Waals surface area (Å²) in [5, 5.41) is 10.4. The summed E-state index contributed by atoms with van der Waals surface area (Å²) in [5.74, 6) is 0. The fraction of sp³-hybridized carbons (Fsp3) is 0.571. The van der Waals surface area contributed by atoms with Crippen molar-refractivity contribution in [2.45, 2.75) is 51.4 Å². The van der Waals surface area contributed by atoms with Gasteiger partial charge >= 0.3 is 0 Å². The number of nitrogens with one attached hydrogen (secondary N) is 2. The fourth-order valence-corrected chi connectivity index (χ4v) is 5.59. The average molecular weight is 369 g/mol. The lowest BCUT2D eigenvalue weighted by molar-refractivity contribution is 0.188. The molecule has 0 amide bonds. The molecule has 1 saturated carbocycles. The van der Waals surface area contributed by atoms with E-state index in [9.17, 15) is 0 Å². The molecule has 3 aliphatic rings. The molecule has 26 heavy (non-hydrogen) atoms. The molecule has 1 aromatic heterocycles. The molecule has 1 aromatic carbocycles. The van der Waals surface area contributed by atoms with Crippen molar-refractivity contribution in [3.05, 3.63) is 51.5 Å². The van der Waals surface area contributed by atoms with Crippen LogP contribution in [0, 0.1) is 5.41 Å². The predicted octanol–water partition coefficient (Wildman–Crippen LogP) is 2.93. The van der Waals surface area contributed by atoms with Gasteiger partial charge in [-0.05, 0) is 67.4 Å². The number of piperidine rings is 1. The first-order valence-electron chi connectivity index (χ1n) is 9.97. The van der Waals surface area contributed by atoms with Gasteiger partial charge in [-0.1, -0.05) is 18.2 Å². The van der Waals surface area contributed by atoms with Crippen molar-refractivity contribution in [1.82, 2.24) is 20.5 Å². The van der Waals surface area contributed by atoms with Gasteiger partial charge in [0.2, 0.25) is 0 Å². The molecule has 2 fully saturated rings. The minimum atomic E-state index is 0.568. The van der Waals surface area contributed by atoms with E-state index in [0.29, 0.717) is 5.41 Å². The van der Waals surface area contributed by atoms with Gasteiger partial charge in [0.1, 0.15) is 5.01 Å². The zero-order valence-corrected chi connectivity index (χ0v) is 16.2. The molecule has 2 aliphatic heterocycles. The van der Waals surface area contributed by atoms with Crippen molar-refractivity contribution in [2.75, 3.05) is 19.6 Å². The van der Waals surface area contributed by atoms with Gasteiger partial charge < -0.3 is 10.6 Å². The molecule has 5 heteroatoms.